The first-order chi connectivity index (χ1) is 7.54. The third kappa shape index (κ3) is 2.77. The molecule has 0 spiro atoms. The SMILES string of the molecule is [B]CCC[C@H]1C[C@H](CCN)C[C@@]1(N)C(=O)O. The summed E-state index contributed by atoms with van der Waals surface area (Å²) in [6.07, 6.45) is 4.53. The second-order valence-electron chi connectivity index (χ2n) is 4.86. The molecular formula is C11H21BN2O2. The molecule has 0 aliphatic heterocycles. The summed E-state index contributed by atoms with van der Waals surface area (Å²) in [5.41, 5.74) is 10.5. The van der Waals surface area contributed by atoms with Crippen LogP contribution in [0, 0.1) is 11.8 Å². The first-order valence-electron chi connectivity index (χ1n) is 5.97. The molecule has 1 aliphatic carbocycles. The lowest BCUT2D eigenvalue weighted by Crippen LogP contribution is -2.51. The van der Waals surface area contributed by atoms with E-state index < -0.39 is 11.5 Å². The molecule has 0 amide bonds. The van der Waals surface area contributed by atoms with Crippen LogP contribution in [0.15, 0.2) is 0 Å². The molecule has 3 atom stereocenters. The number of nitrogens with two attached hydrogens (primary N) is 2. The molecule has 1 aliphatic rings. The van der Waals surface area contributed by atoms with Crippen LogP contribution in [0.1, 0.15) is 32.1 Å². The van der Waals surface area contributed by atoms with Crippen molar-refractivity contribution in [2.24, 2.45) is 23.3 Å². The minimum atomic E-state index is -1.06. The van der Waals surface area contributed by atoms with Crippen LogP contribution >= 0.6 is 0 Å². The van der Waals surface area contributed by atoms with Crippen molar-refractivity contribution in [1.82, 2.24) is 0 Å². The first kappa shape index (κ1) is 13.5. The van der Waals surface area contributed by atoms with Gasteiger partial charge in [0.1, 0.15) is 5.54 Å². The predicted octanol–water partition coefficient (Wildman–Crippen LogP) is 0.511. The molecule has 1 fully saturated rings. The molecule has 5 N–H and O–H groups in total. The fourth-order valence-corrected chi connectivity index (χ4v) is 2.80. The van der Waals surface area contributed by atoms with Gasteiger partial charge in [-0.3, -0.25) is 4.79 Å². The van der Waals surface area contributed by atoms with E-state index in [-0.39, 0.29) is 5.92 Å². The van der Waals surface area contributed by atoms with Gasteiger partial charge in [-0.05, 0) is 44.1 Å². The van der Waals surface area contributed by atoms with Crippen molar-refractivity contribution in [3.05, 3.63) is 0 Å². The van der Waals surface area contributed by atoms with Crippen LogP contribution in [-0.4, -0.2) is 31.0 Å². The summed E-state index contributed by atoms with van der Waals surface area (Å²) in [6.45, 7) is 0.601. The van der Waals surface area contributed by atoms with Crippen LogP contribution in [0.4, 0.5) is 0 Å². The van der Waals surface area contributed by atoms with Gasteiger partial charge in [-0.1, -0.05) is 12.7 Å². The van der Waals surface area contributed by atoms with E-state index in [0.717, 1.165) is 25.7 Å². The lowest BCUT2D eigenvalue weighted by molar-refractivity contribution is -0.145. The Kier molecular flexibility index (Phi) is 4.80. The molecule has 0 saturated heterocycles. The van der Waals surface area contributed by atoms with E-state index in [4.69, 9.17) is 19.3 Å². The zero-order chi connectivity index (χ0) is 12.2. The van der Waals surface area contributed by atoms with Crippen LogP contribution in [0.3, 0.4) is 0 Å². The maximum Gasteiger partial charge on any atom is 0.323 e. The molecular weight excluding hydrogens is 203 g/mol. The maximum absolute atomic E-state index is 11.3. The van der Waals surface area contributed by atoms with Gasteiger partial charge in [-0.2, -0.15) is 0 Å². The van der Waals surface area contributed by atoms with Crippen molar-refractivity contribution in [3.8, 4) is 0 Å². The molecule has 0 aromatic heterocycles. The number of carbonyl (C=O) groups is 1. The van der Waals surface area contributed by atoms with Gasteiger partial charge in [0.25, 0.3) is 0 Å². The Morgan fingerprint density at radius 1 is 1.50 bits per heavy atom. The number of carboxylic acids is 1. The first-order valence-corrected chi connectivity index (χ1v) is 5.97. The number of aliphatic carboxylic acids is 1. The van der Waals surface area contributed by atoms with Gasteiger partial charge in [-0.15, -0.1) is 0 Å². The standard InChI is InChI=1S/C11H21BN2O2/c12-4-1-2-9-6-8(3-5-13)7-11(9,14)10(15)16/h8-9H,1-7,13-14H2,(H,15,16)/t8-,9-,11-/m0/s1. The van der Waals surface area contributed by atoms with E-state index in [1.165, 1.54) is 0 Å². The third-order valence-corrected chi connectivity index (χ3v) is 3.70. The molecule has 4 nitrogen and oxygen atoms in total. The highest BCUT2D eigenvalue weighted by molar-refractivity contribution is 6.08. The smallest absolute Gasteiger partial charge is 0.323 e. The van der Waals surface area contributed by atoms with Crippen LogP contribution in [-0.2, 0) is 4.79 Å². The second kappa shape index (κ2) is 5.68. The highest BCUT2D eigenvalue weighted by Crippen LogP contribution is 2.42. The monoisotopic (exact) mass is 224 g/mol. The van der Waals surface area contributed by atoms with Crippen molar-refractivity contribution >= 4 is 13.8 Å². The minimum Gasteiger partial charge on any atom is -0.480 e. The van der Waals surface area contributed by atoms with E-state index >= 15 is 0 Å². The molecule has 0 aromatic carbocycles. The van der Waals surface area contributed by atoms with Gasteiger partial charge in [0.15, 0.2) is 0 Å². The van der Waals surface area contributed by atoms with E-state index in [2.05, 4.69) is 0 Å². The van der Waals surface area contributed by atoms with Crippen molar-refractivity contribution in [2.75, 3.05) is 6.54 Å². The van der Waals surface area contributed by atoms with Gasteiger partial charge < -0.3 is 16.6 Å². The number of carboxylic acid groups (broad SMARTS) is 1. The largest absolute Gasteiger partial charge is 0.480 e. The average molecular weight is 224 g/mol. The predicted molar refractivity (Wildman–Crippen MR) is 64.2 cm³/mol. The quantitative estimate of drug-likeness (QED) is 0.573. The molecule has 1 rings (SSSR count). The summed E-state index contributed by atoms with van der Waals surface area (Å²) in [5.74, 6) is -0.479. The molecule has 90 valence electrons. The Bertz CT molecular complexity index is 250. The van der Waals surface area contributed by atoms with Crippen molar-refractivity contribution in [1.29, 1.82) is 0 Å². The fraction of sp³-hybridized carbons (Fsp3) is 0.909. The molecule has 16 heavy (non-hydrogen) atoms. The van der Waals surface area contributed by atoms with E-state index in [9.17, 15) is 9.90 Å². The summed E-state index contributed by atoms with van der Waals surface area (Å²) in [4.78, 5) is 11.3. The van der Waals surface area contributed by atoms with Crippen LogP contribution in [0.2, 0.25) is 6.32 Å². The Morgan fingerprint density at radius 3 is 2.69 bits per heavy atom. The number of hydrogen-bond donors (Lipinski definition) is 3. The minimum absolute atomic E-state index is 0.0464. The zero-order valence-electron chi connectivity index (χ0n) is 9.69. The Labute approximate surface area is 98.2 Å². The van der Waals surface area contributed by atoms with Gasteiger partial charge in [-0.25, -0.2) is 0 Å². The van der Waals surface area contributed by atoms with Crippen molar-refractivity contribution < 1.29 is 9.90 Å². The zero-order valence-corrected chi connectivity index (χ0v) is 9.69. The van der Waals surface area contributed by atoms with E-state index in [1.54, 1.807) is 0 Å². The van der Waals surface area contributed by atoms with E-state index in [1.807, 2.05) is 0 Å². The summed E-state index contributed by atoms with van der Waals surface area (Å²) >= 11 is 0. The van der Waals surface area contributed by atoms with Crippen molar-refractivity contribution in [2.45, 2.75) is 44.0 Å². The normalized spacial score (nSPS) is 34.1. The summed E-state index contributed by atoms with van der Waals surface area (Å²) in [5, 5.41) is 9.24. The summed E-state index contributed by atoms with van der Waals surface area (Å²) < 4.78 is 0. The Balaban J connectivity index is 2.67. The molecule has 0 aromatic rings. The highest BCUT2D eigenvalue weighted by Gasteiger charge is 2.49. The molecule has 1 saturated carbocycles. The Hall–Kier alpha value is -0.545. The van der Waals surface area contributed by atoms with Crippen LogP contribution < -0.4 is 11.5 Å². The van der Waals surface area contributed by atoms with Crippen molar-refractivity contribution in [3.63, 3.8) is 0 Å². The maximum atomic E-state index is 11.3. The highest BCUT2D eigenvalue weighted by atomic mass is 16.4. The van der Waals surface area contributed by atoms with Gasteiger partial charge in [0.05, 0.1) is 7.85 Å². The molecule has 0 heterocycles. The van der Waals surface area contributed by atoms with E-state index in [0.29, 0.717) is 25.2 Å². The van der Waals surface area contributed by atoms with Crippen LogP contribution in [0.5, 0.6) is 0 Å². The second-order valence-corrected chi connectivity index (χ2v) is 4.86. The van der Waals surface area contributed by atoms with Gasteiger partial charge in [0, 0.05) is 0 Å². The molecule has 5 heteroatoms. The lowest BCUT2D eigenvalue weighted by atomic mass is 9.83. The lowest BCUT2D eigenvalue weighted by Gasteiger charge is -2.26. The molecule has 2 radical (unpaired) electrons. The summed E-state index contributed by atoms with van der Waals surface area (Å²) in [7, 11) is 5.46. The average Bonchev–Trinajstić information content (AvgIpc) is 2.54. The molecule has 0 unspecified atom stereocenters. The fourth-order valence-electron chi connectivity index (χ4n) is 2.80. The third-order valence-electron chi connectivity index (χ3n) is 3.70. The van der Waals surface area contributed by atoms with Gasteiger partial charge >= 0.3 is 5.97 Å². The van der Waals surface area contributed by atoms with Crippen LogP contribution in [0.25, 0.3) is 0 Å². The van der Waals surface area contributed by atoms with Gasteiger partial charge in [0.2, 0.25) is 0 Å². The summed E-state index contributed by atoms with van der Waals surface area (Å²) in [6, 6.07) is 0. The topological polar surface area (TPSA) is 89.3 Å². The molecule has 0 bridgehead atoms. The number of rotatable bonds is 6. The Morgan fingerprint density at radius 2 is 2.19 bits per heavy atom. The number of hydrogen-bond acceptors (Lipinski definition) is 3.